The van der Waals surface area contributed by atoms with E-state index >= 15 is 0 Å². The maximum atomic E-state index is 5.43. The number of rotatable bonds is 4. The fourth-order valence-electron chi connectivity index (χ4n) is 2.49. The number of benzene rings is 2. The van der Waals surface area contributed by atoms with Crippen molar-refractivity contribution in [2.75, 3.05) is 5.32 Å². The van der Waals surface area contributed by atoms with Crippen molar-refractivity contribution in [3.8, 4) is 0 Å². The molecule has 0 unspecified atom stereocenters. The van der Waals surface area contributed by atoms with Crippen molar-refractivity contribution in [3.63, 3.8) is 0 Å². The second kappa shape index (κ2) is 7.41. The van der Waals surface area contributed by atoms with E-state index in [0.29, 0.717) is 5.11 Å². The lowest BCUT2D eigenvalue weighted by Crippen LogP contribution is -2.31. The highest BCUT2D eigenvalue weighted by Crippen LogP contribution is 2.19. The van der Waals surface area contributed by atoms with E-state index in [9.17, 15) is 0 Å². The van der Waals surface area contributed by atoms with Crippen molar-refractivity contribution in [2.45, 2.75) is 40.2 Å². The molecule has 2 aromatic carbocycles. The maximum absolute atomic E-state index is 5.43. The van der Waals surface area contributed by atoms with Gasteiger partial charge in [-0.1, -0.05) is 42.8 Å². The highest BCUT2D eigenvalue weighted by molar-refractivity contribution is 7.80. The summed E-state index contributed by atoms with van der Waals surface area (Å²) in [5, 5.41) is 7.26. The van der Waals surface area contributed by atoms with Crippen LogP contribution >= 0.6 is 12.2 Å². The lowest BCUT2D eigenvalue weighted by molar-refractivity contribution is 0.716. The first kappa shape index (κ1) is 16.5. The zero-order chi connectivity index (χ0) is 16.1. The fourth-order valence-corrected chi connectivity index (χ4v) is 2.79. The Morgan fingerprint density at radius 3 is 2.41 bits per heavy atom. The standard InChI is InChI=1S/C19H24N2S/c1-5-16-8-10-17(11-9-16)21-19(22)20-15(4)18-12-13(2)6-7-14(18)3/h6-12,15H,5H2,1-4H3,(H2,20,21,22)/t15-/m1/s1. The third-order valence-corrected chi connectivity index (χ3v) is 4.09. The number of hydrogen-bond acceptors (Lipinski definition) is 1. The molecule has 1 atom stereocenters. The van der Waals surface area contributed by atoms with Gasteiger partial charge in [-0.3, -0.25) is 0 Å². The van der Waals surface area contributed by atoms with Crippen LogP contribution in [0.3, 0.4) is 0 Å². The molecular formula is C19H24N2S. The van der Waals surface area contributed by atoms with Crippen LogP contribution in [-0.2, 0) is 6.42 Å². The third-order valence-electron chi connectivity index (χ3n) is 3.87. The fraction of sp³-hybridized carbons (Fsp3) is 0.316. The highest BCUT2D eigenvalue weighted by atomic mass is 32.1. The SMILES string of the molecule is CCc1ccc(NC(=S)N[C@H](C)c2cc(C)ccc2C)cc1. The molecule has 0 bridgehead atoms. The van der Waals surface area contributed by atoms with Crippen molar-refractivity contribution in [2.24, 2.45) is 0 Å². The highest BCUT2D eigenvalue weighted by Gasteiger charge is 2.10. The van der Waals surface area contributed by atoms with Crippen LogP contribution in [0, 0.1) is 13.8 Å². The number of thiocarbonyl (C=S) groups is 1. The lowest BCUT2D eigenvalue weighted by atomic mass is 10.0. The number of aryl methyl sites for hydroxylation is 3. The largest absolute Gasteiger partial charge is 0.356 e. The Morgan fingerprint density at radius 2 is 1.77 bits per heavy atom. The van der Waals surface area contributed by atoms with Gasteiger partial charge in [0.1, 0.15) is 0 Å². The van der Waals surface area contributed by atoms with Crippen LogP contribution in [0.15, 0.2) is 42.5 Å². The van der Waals surface area contributed by atoms with Gasteiger partial charge >= 0.3 is 0 Å². The predicted octanol–water partition coefficient (Wildman–Crippen LogP) is 4.91. The number of hydrogen-bond donors (Lipinski definition) is 2. The van der Waals surface area contributed by atoms with Crippen LogP contribution < -0.4 is 10.6 Å². The van der Waals surface area contributed by atoms with Gasteiger partial charge in [0, 0.05) is 5.69 Å². The van der Waals surface area contributed by atoms with Gasteiger partial charge in [0.05, 0.1) is 6.04 Å². The monoisotopic (exact) mass is 312 g/mol. The van der Waals surface area contributed by atoms with E-state index in [-0.39, 0.29) is 6.04 Å². The molecule has 0 radical (unpaired) electrons. The van der Waals surface area contributed by atoms with Crippen molar-refractivity contribution in [3.05, 3.63) is 64.7 Å². The van der Waals surface area contributed by atoms with Gasteiger partial charge in [-0.05, 0) is 68.2 Å². The van der Waals surface area contributed by atoms with E-state index in [0.717, 1.165) is 12.1 Å². The van der Waals surface area contributed by atoms with Gasteiger partial charge in [0.25, 0.3) is 0 Å². The Morgan fingerprint density at radius 1 is 1.09 bits per heavy atom. The molecule has 0 amide bonds. The Labute approximate surface area is 139 Å². The quantitative estimate of drug-likeness (QED) is 0.784. The summed E-state index contributed by atoms with van der Waals surface area (Å²) in [4.78, 5) is 0. The minimum absolute atomic E-state index is 0.176. The van der Waals surface area contributed by atoms with Gasteiger partial charge in [-0.25, -0.2) is 0 Å². The molecule has 0 aromatic heterocycles. The van der Waals surface area contributed by atoms with Crippen molar-refractivity contribution in [1.29, 1.82) is 0 Å². The van der Waals surface area contributed by atoms with Crippen molar-refractivity contribution >= 4 is 23.0 Å². The molecule has 0 heterocycles. The van der Waals surface area contributed by atoms with Gasteiger partial charge in [0.15, 0.2) is 5.11 Å². The molecule has 0 saturated heterocycles. The van der Waals surface area contributed by atoms with E-state index in [4.69, 9.17) is 12.2 Å². The number of nitrogens with one attached hydrogen (secondary N) is 2. The van der Waals surface area contributed by atoms with E-state index in [1.807, 2.05) is 0 Å². The molecule has 3 heteroatoms. The van der Waals surface area contributed by atoms with Crippen molar-refractivity contribution < 1.29 is 0 Å². The van der Waals surface area contributed by atoms with E-state index in [2.05, 4.69) is 80.8 Å². The first-order valence-corrected chi connectivity index (χ1v) is 8.14. The Bertz CT molecular complexity index is 647. The van der Waals surface area contributed by atoms with Crippen LogP contribution in [0.2, 0.25) is 0 Å². The van der Waals surface area contributed by atoms with Gasteiger partial charge in [-0.2, -0.15) is 0 Å². The van der Waals surface area contributed by atoms with E-state index in [1.54, 1.807) is 0 Å². The first-order valence-electron chi connectivity index (χ1n) is 7.73. The topological polar surface area (TPSA) is 24.1 Å². The Hall–Kier alpha value is -1.87. The van der Waals surface area contributed by atoms with E-state index < -0.39 is 0 Å². The summed E-state index contributed by atoms with van der Waals surface area (Å²) in [5.74, 6) is 0. The van der Waals surface area contributed by atoms with Crippen LogP contribution in [0.25, 0.3) is 0 Å². The molecule has 116 valence electrons. The Kier molecular flexibility index (Phi) is 5.56. The molecule has 2 aromatic rings. The number of anilines is 1. The molecule has 2 rings (SSSR count). The van der Waals surface area contributed by atoms with Crippen LogP contribution in [0.4, 0.5) is 5.69 Å². The summed E-state index contributed by atoms with van der Waals surface area (Å²) >= 11 is 5.43. The summed E-state index contributed by atoms with van der Waals surface area (Å²) in [6.45, 7) is 8.53. The second-order valence-electron chi connectivity index (χ2n) is 5.73. The molecular weight excluding hydrogens is 288 g/mol. The molecule has 0 saturated carbocycles. The summed E-state index contributed by atoms with van der Waals surface area (Å²) in [5.41, 5.74) is 6.17. The maximum Gasteiger partial charge on any atom is 0.171 e. The molecule has 0 fully saturated rings. The molecule has 22 heavy (non-hydrogen) atoms. The minimum atomic E-state index is 0.176. The minimum Gasteiger partial charge on any atom is -0.356 e. The molecule has 0 spiro atoms. The average Bonchev–Trinajstić information content (AvgIpc) is 2.50. The predicted molar refractivity (Wildman–Crippen MR) is 99.5 cm³/mol. The van der Waals surface area contributed by atoms with Crippen LogP contribution in [-0.4, -0.2) is 5.11 Å². The average molecular weight is 312 g/mol. The molecule has 0 aliphatic heterocycles. The van der Waals surface area contributed by atoms with Gasteiger partial charge in [-0.15, -0.1) is 0 Å². The smallest absolute Gasteiger partial charge is 0.171 e. The molecule has 0 aliphatic carbocycles. The second-order valence-corrected chi connectivity index (χ2v) is 6.14. The van der Waals surface area contributed by atoms with Crippen LogP contribution in [0.5, 0.6) is 0 Å². The zero-order valence-electron chi connectivity index (χ0n) is 13.7. The third kappa shape index (κ3) is 4.31. The Balaban J connectivity index is 2.00. The zero-order valence-corrected chi connectivity index (χ0v) is 14.6. The molecule has 2 nitrogen and oxygen atoms in total. The van der Waals surface area contributed by atoms with Crippen LogP contribution in [0.1, 0.15) is 42.1 Å². The van der Waals surface area contributed by atoms with Gasteiger partial charge < -0.3 is 10.6 Å². The van der Waals surface area contributed by atoms with E-state index in [1.165, 1.54) is 22.3 Å². The summed E-state index contributed by atoms with van der Waals surface area (Å²) < 4.78 is 0. The summed E-state index contributed by atoms with van der Waals surface area (Å²) in [6, 6.07) is 15.1. The molecule has 0 aliphatic rings. The summed E-state index contributed by atoms with van der Waals surface area (Å²) in [6.07, 6.45) is 1.05. The lowest BCUT2D eigenvalue weighted by Gasteiger charge is -2.19. The normalized spacial score (nSPS) is 11.8. The first-order chi connectivity index (χ1) is 10.5. The van der Waals surface area contributed by atoms with Gasteiger partial charge in [0.2, 0.25) is 0 Å². The molecule has 2 N–H and O–H groups in total. The summed E-state index contributed by atoms with van der Waals surface area (Å²) in [7, 11) is 0. The van der Waals surface area contributed by atoms with Crippen molar-refractivity contribution in [1.82, 2.24) is 5.32 Å².